The van der Waals surface area contributed by atoms with Crippen LogP contribution >= 0.6 is 0 Å². The standard InChI is InChI=1S/C25H25N3O3/c1-31-22-15-13-21(14-16-22)24(29)27-23(17-12-19-8-4-2-5-9-19)25(30)28-26-18-20-10-6-3-7-11-20/h2-11,13-16,18,23H,12,17H2,1H3,(H,27,29)(H,28,30)/b26-18+/t23-/m0/s1. The summed E-state index contributed by atoms with van der Waals surface area (Å²) >= 11 is 0. The van der Waals surface area contributed by atoms with Gasteiger partial charge >= 0.3 is 0 Å². The topological polar surface area (TPSA) is 79.8 Å². The van der Waals surface area contributed by atoms with Crippen molar-refractivity contribution in [1.29, 1.82) is 0 Å². The average molecular weight is 415 g/mol. The molecule has 2 amide bonds. The van der Waals surface area contributed by atoms with Crippen molar-refractivity contribution in [3.8, 4) is 5.75 Å². The highest BCUT2D eigenvalue weighted by molar-refractivity contribution is 5.97. The maximum absolute atomic E-state index is 12.8. The van der Waals surface area contributed by atoms with Gasteiger partial charge in [-0.3, -0.25) is 9.59 Å². The lowest BCUT2D eigenvalue weighted by Crippen LogP contribution is -2.45. The molecule has 0 radical (unpaired) electrons. The first-order valence-corrected chi connectivity index (χ1v) is 10.0. The van der Waals surface area contributed by atoms with E-state index in [2.05, 4.69) is 15.8 Å². The molecule has 0 aromatic heterocycles. The quantitative estimate of drug-likeness (QED) is 0.414. The molecule has 0 unspecified atom stereocenters. The second-order valence-corrected chi connectivity index (χ2v) is 6.92. The van der Waals surface area contributed by atoms with Crippen molar-refractivity contribution < 1.29 is 14.3 Å². The molecule has 3 aromatic carbocycles. The fourth-order valence-electron chi connectivity index (χ4n) is 3.00. The Balaban J connectivity index is 1.67. The lowest BCUT2D eigenvalue weighted by Gasteiger charge is -2.17. The molecule has 6 nitrogen and oxygen atoms in total. The van der Waals surface area contributed by atoms with Crippen LogP contribution in [0.2, 0.25) is 0 Å². The Morgan fingerprint density at radius 1 is 0.935 bits per heavy atom. The molecular weight excluding hydrogens is 390 g/mol. The highest BCUT2D eigenvalue weighted by Crippen LogP contribution is 2.12. The molecule has 0 saturated carbocycles. The van der Waals surface area contributed by atoms with Crippen LogP contribution in [0.1, 0.15) is 27.9 Å². The maximum Gasteiger partial charge on any atom is 0.262 e. The molecule has 0 heterocycles. The first kappa shape index (κ1) is 21.8. The van der Waals surface area contributed by atoms with Crippen molar-refractivity contribution in [2.75, 3.05) is 7.11 Å². The number of methoxy groups -OCH3 is 1. The molecule has 0 aliphatic carbocycles. The zero-order valence-electron chi connectivity index (χ0n) is 17.3. The second kappa shape index (κ2) is 11.3. The summed E-state index contributed by atoms with van der Waals surface area (Å²) in [4.78, 5) is 25.5. The fraction of sp³-hybridized carbons (Fsp3) is 0.160. The molecule has 0 spiro atoms. The molecule has 0 fully saturated rings. The van der Waals surface area contributed by atoms with Crippen molar-refractivity contribution >= 4 is 18.0 Å². The Morgan fingerprint density at radius 3 is 2.23 bits per heavy atom. The summed E-state index contributed by atoms with van der Waals surface area (Å²) in [5, 5.41) is 6.85. The Morgan fingerprint density at radius 2 is 1.58 bits per heavy atom. The summed E-state index contributed by atoms with van der Waals surface area (Å²) in [5.74, 6) is -0.0435. The van der Waals surface area contributed by atoms with Crippen molar-refractivity contribution in [2.45, 2.75) is 18.9 Å². The van der Waals surface area contributed by atoms with Gasteiger partial charge in [0, 0.05) is 5.56 Å². The number of hydrazone groups is 1. The van der Waals surface area contributed by atoms with Crippen LogP contribution in [-0.2, 0) is 11.2 Å². The lowest BCUT2D eigenvalue weighted by molar-refractivity contribution is -0.123. The van der Waals surface area contributed by atoms with Gasteiger partial charge in [0.2, 0.25) is 0 Å². The number of carbonyl (C=O) groups is 2. The minimum atomic E-state index is -0.734. The number of hydrogen-bond acceptors (Lipinski definition) is 4. The summed E-state index contributed by atoms with van der Waals surface area (Å²) in [6.07, 6.45) is 2.65. The van der Waals surface area contributed by atoms with Crippen molar-refractivity contribution in [1.82, 2.24) is 10.7 Å². The van der Waals surface area contributed by atoms with E-state index in [0.717, 1.165) is 11.1 Å². The minimum absolute atomic E-state index is 0.331. The van der Waals surface area contributed by atoms with E-state index in [1.54, 1.807) is 37.6 Å². The molecule has 0 bridgehead atoms. The number of nitrogens with one attached hydrogen (secondary N) is 2. The van der Waals surface area contributed by atoms with E-state index in [4.69, 9.17) is 4.74 Å². The van der Waals surface area contributed by atoms with Gasteiger partial charge in [-0.2, -0.15) is 5.10 Å². The van der Waals surface area contributed by atoms with Gasteiger partial charge in [0.15, 0.2) is 0 Å². The molecule has 6 heteroatoms. The monoisotopic (exact) mass is 415 g/mol. The van der Waals surface area contributed by atoms with Crippen LogP contribution in [0.25, 0.3) is 0 Å². The van der Waals surface area contributed by atoms with E-state index in [1.807, 2.05) is 60.7 Å². The SMILES string of the molecule is COc1ccc(C(=O)N[C@@H](CCc2ccccc2)C(=O)N/N=C/c2ccccc2)cc1. The minimum Gasteiger partial charge on any atom is -0.497 e. The Kier molecular flexibility index (Phi) is 7.94. The van der Waals surface area contributed by atoms with Crippen LogP contribution < -0.4 is 15.5 Å². The predicted octanol–water partition coefficient (Wildman–Crippen LogP) is 3.58. The van der Waals surface area contributed by atoms with Gasteiger partial charge in [-0.15, -0.1) is 0 Å². The van der Waals surface area contributed by atoms with Crippen LogP contribution in [0.5, 0.6) is 5.75 Å². The van der Waals surface area contributed by atoms with E-state index in [9.17, 15) is 9.59 Å². The number of ether oxygens (including phenoxy) is 1. The molecule has 158 valence electrons. The normalized spacial score (nSPS) is 11.6. The first-order valence-electron chi connectivity index (χ1n) is 10.0. The van der Waals surface area contributed by atoms with Crippen LogP contribution in [-0.4, -0.2) is 31.2 Å². The van der Waals surface area contributed by atoms with Crippen molar-refractivity contribution in [3.63, 3.8) is 0 Å². The number of benzene rings is 3. The molecule has 3 aromatic rings. The van der Waals surface area contributed by atoms with Gasteiger partial charge in [0.25, 0.3) is 11.8 Å². The van der Waals surface area contributed by atoms with E-state index in [0.29, 0.717) is 24.2 Å². The summed E-state index contributed by atoms with van der Waals surface area (Å²) in [6, 6.07) is 25.3. The van der Waals surface area contributed by atoms with Gasteiger partial charge in [-0.05, 0) is 48.2 Å². The smallest absolute Gasteiger partial charge is 0.262 e. The van der Waals surface area contributed by atoms with Crippen molar-refractivity contribution in [3.05, 3.63) is 102 Å². The maximum atomic E-state index is 12.8. The zero-order chi connectivity index (χ0) is 21.9. The third-order valence-corrected chi connectivity index (χ3v) is 4.73. The molecule has 0 aliphatic rings. The number of aryl methyl sites for hydroxylation is 1. The van der Waals surface area contributed by atoms with Crippen LogP contribution in [0.15, 0.2) is 90.0 Å². The third-order valence-electron chi connectivity index (χ3n) is 4.73. The number of nitrogens with zero attached hydrogens (tertiary/aromatic N) is 1. The second-order valence-electron chi connectivity index (χ2n) is 6.92. The van der Waals surface area contributed by atoms with Gasteiger partial charge in [0.05, 0.1) is 13.3 Å². The van der Waals surface area contributed by atoms with Crippen LogP contribution in [0, 0.1) is 0 Å². The largest absolute Gasteiger partial charge is 0.497 e. The summed E-state index contributed by atoms with van der Waals surface area (Å²) < 4.78 is 5.12. The fourth-order valence-corrected chi connectivity index (χ4v) is 3.00. The summed E-state index contributed by atoms with van der Waals surface area (Å²) in [6.45, 7) is 0. The molecule has 1 atom stereocenters. The van der Waals surface area contributed by atoms with Crippen LogP contribution in [0.4, 0.5) is 0 Å². The highest BCUT2D eigenvalue weighted by Gasteiger charge is 2.21. The zero-order valence-corrected chi connectivity index (χ0v) is 17.3. The molecule has 0 saturated heterocycles. The van der Waals surface area contributed by atoms with Gasteiger partial charge < -0.3 is 10.1 Å². The van der Waals surface area contributed by atoms with E-state index >= 15 is 0 Å². The predicted molar refractivity (Wildman–Crippen MR) is 121 cm³/mol. The molecule has 2 N–H and O–H groups in total. The number of hydrogen-bond donors (Lipinski definition) is 2. The molecule has 31 heavy (non-hydrogen) atoms. The lowest BCUT2D eigenvalue weighted by atomic mass is 10.0. The van der Waals surface area contributed by atoms with Crippen LogP contribution in [0.3, 0.4) is 0 Å². The molecule has 0 aliphatic heterocycles. The highest BCUT2D eigenvalue weighted by atomic mass is 16.5. The Labute approximate surface area is 182 Å². The van der Waals surface area contributed by atoms with E-state index in [1.165, 1.54) is 0 Å². The van der Waals surface area contributed by atoms with Gasteiger partial charge in [-0.1, -0.05) is 60.7 Å². The number of carbonyl (C=O) groups excluding carboxylic acids is 2. The molecular formula is C25H25N3O3. The van der Waals surface area contributed by atoms with Crippen molar-refractivity contribution in [2.24, 2.45) is 5.10 Å². The summed E-state index contributed by atoms with van der Waals surface area (Å²) in [7, 11) is 1.56. The summed E-state index contributed by atoms with van der Waals surface area (Å²) in [5.41, 5.74) is 4.94. The Hall–Kier alpha value is -3.93. The Bertz CT molecular complexity index is 1000. The third kappa shape index (κ3) is 6.82. The van der Waals surface area contributed by atoms with Gasteiger partial charge in [0.1, 0.15) is 11.8 Å². The number of rotatable bonds is 9. The van der Waals surface area contributed by atoms with Gasteiger partial charge in [-0.25, -0.2) is 5.43 Å². The van der Waals surface area contributed by atoms with E-state index in [-0.39, 0.29) is 11.8 Å². The first-order chi connectivity index (χ1) is 15.2. The number of amides is 2. The molecule has 3 rings (SSSR count). The average Bonchev–Trinajstić information content (AvgIpc) is 2.83. The van der Waals surface area contributed by atoms with E-state index < -0.39 is 6.04 Å².